The molecule has 0 bridgehead atoms. The van der Waals surface area contributed by atoms with Gasteiger partial charge in [0.25, 0.3) is 0 Å². The number of nitrogens with one attached hydrogen (secondary N) is 2. The van der Waals surface area contributed by atoms with Crippen molar-refractivity contribution in [3.63, 3.8) is 0 Å². The third kappa shape index (κ3) is 8.65. The van der Waals surface area contributed by atoms with E-state index in [0.29, 0.717) is 26.1 Å². The number of likely N-dealkylation sites (tertiary alicyclic amines) is 1. The van der Waals surface area contributed by atoms with Crippen LogP contribution in [0.25, 0.3) is 0 Å². The Bertz CT molecular complexity index is 834. The lowest BCUT2D eigenvalue weighted by molar-refractivity contribution is -0.139. The summed E-state index contributed by atoms with van der Waals surface area (Å²) in [6, 6.07) is 3.34. The molecule has 2 aliphatic rings. The molecule has 3 heterocycles. The predicted octanol–water partition coefficient (Wildman–Crippen LogP) is 3.14. The van der Waals surface area contributed by atoms with Gasteiger partial charge in [-0.25, -0.2) is 14.6 Å². The van der Waals surface area contributed by atoms with Gasteiger partial charge in [0.15, 0.2) is 0 Å². The number of hydrogen-bond acceptors (Lipinski definition) is 6. The van der Waals surface area contributed by atoms with Crippen LogP contribution in [0, 0.1) is 0 Å². The first kappa shape index (κ1) is 27.2. The van der Waals surface area contributed by atoms with Crippen molar-refractivity contribution in [2.75, 3.05) is 44.6 Å². The average Bonchev–Trinajstić information content (AvgIpc) is 2.82. The molecule has 1 saturated heterocycles. The molecule has 2 atom stereocenters. The van der Waals surface area contributed by atoms with Gasteiger partial charge in [0.1, 0.15) is 11.9 Å². The van der Waals surface area contributed by atoms with Gasteiger partial charge in [0.2, 0.25) is 0 Å². The Morgan fingerprint density at radius 1 is 1.29 bits per heavy atom. The van der Waals surface area contributed by atoms with Crippen LogP contribution >= 0.6 is 0 Å². The lowest BCUT2D eigenvalue weighted by Gasteiger charge is -2.39. The van der Waals surface area contributed by atoms with Gasteiger partial charge in [-0.05, 0) is 83.9 Å². The van der Waals surface area contributed by atoms with Gasteiger partial charge >= 0.3 is 12.0 Å². The predicted molar refractivity (Wildman–Crippen MR) is 137 cm³/mol. The molecule has 2 amide bonds. The van der Waals surface area contributed by atoms with Crippen LogP contribution in [-0.4, -0.2) is 89.4 Å². The van der Waals surface area contributed by atoms with Gasteiger partial charge < -0.3 is 30.3 Å². The molecular formula is C26H43N5O4. The number of urea groups is 1. The van der Waals surface area contributed by atoms with E-state index in [4.69, 9.17) is 9.72 Å². The normalized spacial score (nSPS) is 18.1. The third-order valence-electron chi connectivity index (χ3n) is 6.88. The van der Waals surface area contributed by atoms with Crippen LogP contribution in [0.15, 0.2) is 12.1 Å². The smallest absolute Gasteiger partial charge is 0.326 e. The van der Waals surface area contributed by atoms with Crippen molar-refractivity contribution >= 4 is 17.8 Å². The summed E-state index contributed by atoms with van der Waals surface area (Å²) in [6.45, 7) is 10.5. The highest BCUT2D eigenvalue weighted by molar-refractivity contribution is 5.83. The lowest BCUT2D eigenvalue weighted by atomic mass is 10.1. The van der Waals surface area contributed by atoms with Crippen LogP contribution in [0.1, 0.15) is 64.1 Å². The van der Waals surface area contributed by atoms with Gasteiger partial charge in [0, 0.05) is 37.9 Å². The summed E-state index contributed by atoms with van der Waals surface area (Å²) in [7, 11) is 0. The molecule has 1 fully saturated rings. The number of unbranched alkanes of at least 4 members (excludes halogenated alkanes) is 1. The number of aryl methyl sites for hydroxylation is 2. The second-order valence-corrected chi connectivity index (χ2v) is 10.0. The van der Waals surface area contributed by atoms with E-state index in [0.717, 1.165) is 69.7 Å². The van der Waals surface area contributed by atoms with Gasteiger partial charge in [-0.2, -0.15) is 0 Å². The fourth-order valence-electron chi connectivity index (χ4n) is 4.52. The minimum Gasteiger partial charge on any atom is -0.480 e. The average molecular weight is 490 g/mol. The largest absolute Gasteiger partial charge is 0.480 e. The van der Waals surface area contributed by atoms with Crippen LogP contribution in [-0.2, 0) is 22.4 Å². The summed E-state index contributed by atoms with van der Waals surface area (Å²) >= 11 is 0. The minimum absolute atomic E-state index is 0.158. The number of ether oxygens (including phenoxy) is 1. The van der Waals surface area contributed by atoms with E-state index in [1.54, 1.807) is 4.90 Å². The van der Waals surface area contributed by atoms with Crippen LogP contribution in [0.5, 0.6) is 0 Å². The highest BCUT2D eigenvalue weighted by Crippen LogP contribution is 2.20. The Hall–Kier alpha value is -2.39. The van der Waals surface area contributed by atoms with Crippen molar-refractivity contribution in [2.45, 2.75) is 83.9 Å². The van der Waals surface area contributed by atoms with Crippen molar-refractivity contribution in [3.05, 3.63) is 23.4 Å². The van der Waals surface area contributed by atoms with Crippen molar-refractivity contribution in [3.8, 4) is 0 Å². The molecule has 0 radical (unpaired) electrons. The number of amides is 2. The first-order valence-electron chi connectivity index (χ1n) is 13.2. The Morgan fingerprint density at radius 2 is 2.11 bits per heavy atom. The van der Waals surface area contributed by atoms with Crippen LogP contribution in [0.4, 0.5) is 10.6 Å². The molecule has 2 aliphatic heterocycles. The highest BCUT2D eigenvalue weighted by atomic mass is 16.5. The number of carboxylic acids is 1. The van der Waals surface area contributed by atoms with Gasteiger partial charge in [0.05, 0.1) is 12.7 Å². The lowest BCUT2D eigenvalue weighted by Crippen LogP contribution is -2.57. The van der Waals surface area contributed by atoms with E-state index in [-0.39, 0.29) is 18.2 Å². The monoisotopic (exact) mass is 489 g/mol. The maximum Gasteiger partial charge on any atom is 0.326 e. The van der Waals surface area contributed by atoms with E-state index in [1.165, 1.54) is 5.56 Å². The van der Waals surface area contributed by atoms with E-state index >= 15 is 0 Å². The van der Waals surface area contributed by atoms with E-state index in [9.17, 15) is 14.7 Å². The van der Waals surface area contributed by atoms with E-state index < -0.39 is 12.0 Å². The summed E-state index contributed by atoms with van der Waals surface area (Å²) in [4.78, 5) is 32.9. The van der Waals surface area contributed by atoms with Crippen LogP contribution in [0.3, 0.4) is 0 Å². The molecule has 0 aromatic carbocycles. The van der Waals surface area contributed by atoms with Gasteiger partial charge in [-0.15, -0.1) is 0 Å². The fourth-order valence-corrected chi connectivity index (χ4v) is 4.52. The molecule has 9 heteroatoms. The van der Waals surface area contributed by atoms with Crippen molar-refractivity contribution in [1.82, 2.24) is 20.1 Å². The standard InChI is InChI=1S/C26H43N5O4/c1-19(2)35-18-17-30(15-12-23(25(32)33)29-26(34)31-16-11-20(31)3)14-5-4-8-22-10-9-21-7-6-13-27-24(21)28-22/h9-10,19-20,23H,4-8,11-18H2,1-3H3,(H,27,28)(H,29,34)(H,32,33)/t20-,23+/m1/s1. The van der Waals surface area contributed by atoms with Gasteiger partial charge in [-0.1, -0.05) is 6.07 Å². The summed E-state index contributed by atoms with van der Waals surface area (Å²) < 4.78 is 5.73. The van der Waals surface area contributed by atoms with E-state index in [2.05, 4.69) is 27.7 Å². The molecule has 0 unspecified atom stereocenters. The van der Waals surface area contributed by atoms with E-state index in [1.807, 2.05) is 20.8 Å². The SMILES string of the molecule is CC(C)OCCN(CCCCc1ccc2c(n1)NCCC2)CC[C@H](NC(=O)N1CC[C@H]1C)C(=O)O. The Morgan fingerprint density at radius 3 is 2.80 bits per heavy atom. The maximum atomic E-state index is 12.4. The van der Waals surface area contributed by atoms with Crippen molar-refractivity contribution in [2.24, 2.45) is 0 Å². The Balaban J connectivity index is 1.46. The molecule has 0 spiro atoms. The molecule has 196 valence electrons. The molecule has 3 rings (SSSR count). The second kappa shape index (κ2) is 13.6. The third-order valence-corrected chi connectivity index (χ3v) is 6.88. The summed E-state index contributed by atoms with van der Waals surface area (Å²) in [6.07, 6.45) is 6.67. The number of hydrogen-bond donors (Lipinski definition) is 3. The number of carbonyl (C=O) groups is 2. The van der Waals surface area contributed by atoms with Gasteiger partial charge in [-0.3, -0.25) is 0 Å². The molecule has 0 aliphatic carbocycles. The minimum atomic E-state index is -0.989. The number of fused-ring (bicyclic) bond motifs is 1. The summed E-state index contributed by atoms with van der Waals surface area (Å²) in [5.41, 5.74) is 2.42. The molecular weight excluding hydrogens is 446 g/mol. The number of anilines is 1. The zero-order chi connectivity index (χ0) is 25.2. The number of pyridine rings is 1. The molecule has 9 nitrogen and oxygen atoms in total. The summed E-state index contributed by atoms with van der Waals surface area (Å²) in [5.74, 6) is 0.0487. The fraction of sp³-hybridized carbons (Fsp3) is 0.731. The maximum absolute atomic E-state index is 12.4. The number of nitrogens with zero attached hydrogens (tertiary/aromatic N) is 3. The molecule has 1 aromatic rings. The number of carboxylic acid groups (broad SMARTS) is 1. The van der Waals surface area contributed by atoms with Crippen LogP contribution in [0.2, 0.25) is 0 Å². The molecule has 3 N–H and O–H groups in total. The second-order valence-electron chi connectivity index (χ2n) is 10.0. The molecule has 0 saturated carbocycles. The Labute approximate surface area is 209 Å². The molecule has 35 heavy (non-hydrogen) atoms. The quantitative estimate of drug-likeness (QED) is 0.345. The highest BCUT2D eigenvalue weighted by Gasteiger charge is 2.31. The molecule has 1 aromatic heterocycles. The number of carbonyl (C=O) groups excluding carboxylic acids is 1. The number of aliphatic carboxylic acids is 1. The topological polar surface area (TPSA) is 107 Å². The first-order valence-corrected chi connectivity index (χ1v) is 13.2. The van der Waals surface area contributed by atoms with Crippen molar-refractivity contribution < 1.29 is 19.4 Å². The summed E-state index contributed by atoms with van der Waals surface area (Å²) in [5, 5.41) is 15.8. The number of aromatic nitrogens is 1. The zero-order valence-corrected chi connectivity index (χ0v) is 21.6. The number of rotatable bonds is 14. The Kier molecular flexibility index (Phi) is 10.6. The zero-order valence-electron chi connectivity index (χ0n) is 21.6. The van der Waals surface area contributed by atoms with Crippen LogP contribution < -0.4 is 10.6 Å². The first-order chi connectivity index (χ1) is 16.8. The van der Waals surface area contributed by atoms with Crippen molar-refractivity contribution in [1.29, 1.82) is 0 Å².